The van der Waals surface area contributed by atoms with Gasteiger partial charge in [-0.2, -0.15) is 0 Å². The maximum Gasteiger partial charge on any atom is 0.133 e. The number of aliphatic hydroxyl groups is 1. The number of aldehydes is 1. The van der Waals surface area contributed by atoms with Gasteiger partial charge in [0, 0.05) is 19.1 Å². The third-order valence-corrected chi connectivity index (χ3v) is 2.41. The van der Waals surface area contributed by atoms with Gasteiger partial charge in [0.25, 0.3) is 0 Å². The van der Waals surface area contributed by atoms with E-state index in [9.17, 15) is 4.79 Å². The molecule has 0 aromatic heterocycles. The highest BCUT2D eigenvalue weighted by Crippen LogP contribution is 2.08. The van der Waals surface area contributed by atoms with Crippen molar-refractivity contribution in [1.29, 1.82) is 0 Å². The molecular formula is C9H18N2O2. The summed E-state index contributed by atoms with van der Waals surface area (Å²) >= 11 is 0. The van der Waals surface area contributed by atoms with Crippen molar-refractivity contribution < 1.29 is 9.90 Å². The minimum atomic E-state index is 0.223. The van der Waals surface area contributed by atoms with Crippen LogP contribution >= 0.6 is 0 Å². The van der Waals surface area contributed by atoms with Crippen LogP contribution in [0, 0.1) is 0 Å². The zero-order chi connectivity index (χ0) is 9.52. The minimum absolute atomic E-state index is 0.223. The van der Waals surface area contributed by atoms with E-state index in [1.54, 1.807) is 0 Å². The molecule has 1 unspecified atom stereocenters. The van der Waals surface area contributed by atoms with Crippen molar-refractivity contribution >= 4 is 6.29 Å². The molecular weight excluding hydrogens is 168 g/mol. The summed E-state index contributed by atoms with van der Waals surface area (Å²) in [7, 11) is 0. The van der Waals surface area contributed by atoms with Crippen LogP contribution < -0.4 is 5.32 Å². The van der Waals surface area contributed by atoms with Crippen LogP contribution in [0.5, 0.6) is 0 Å². The number of β-amino-alcohol motifs (C(OH)–C–C–N with tert-alkyl or cyclic N) is 1. The molecule has 13 heavy (non-hydrogen) atoms. The molecule has 1 aliphatic rings. The second-order valence-electron chi connectivity index (χ2n) is 3.44. The Morgan fingerprint density at radius 3 is 3.15 bits per heavy atom. The van der Waals surface area contributed by atoms with Crippen molar-refractivity contribution in [3.63, 3.8) is 0 Å². The van der Waals surface area contributed by atoms with E-state index in [1.807, 2.05) is 0 Å². The third kappa shape index (κ3) is 3.85. The van der Waals surface area contributed by atoms with Gasteiger partial charge in [-0.05, 0) is 19.4 Å². The van der Waals surface area contributed by atoms with Gasteiger partial charge in [-0.25, -0.2) is 0 Å². The van der Waals surface area contributed by atoms with Gasteiger partial charge in [-0.15, -0.1) is 0 Å². The van der Waals surface area contributed by atoms with Crippen LogP contribution in [-0.2, 0) is 4.79 Å². The lowest BCUT2D eigenvalue weighted by atomic mass is 10.1. The lowest BCUT2D eigenvalue weighted by molar-refractivity contribution is -0.107. The summed E-state index contributed by atoms with van der Waals surface area (Å²) < 4.78 is 0. The normalized spacial score (nSPS) is 24.5. The SMILES string of the molecule is O=CCNC1CCCN(CCO)C1. The number of carbonyl (C=O) groups is 1. The van der Waals surface area contributed by atoms with Crippen molar-refractivity contribution in [2.24, 2.45) is 0 Å². The van der Waals surface area contributed by atoms with Gasteiger partial charge in [0.2, 0.25) is 0 Å². The number of rotatable bonds is 5. The largest absolute Gasteiger partial charge is 0.395 e. The van der Waals surface area contributed by atoms with Gasteiger partial charge >= 0.3 is 0 Å². The van der Waals surface area contributed by atoms with E-state index in [0.717, 1.165) is 38.8 Å². The molecule has 1 atom stereocenters. The molecule has 0 aliphatic carbocycles. The number of carbonyl (C=O) groups excluding carboxylic acids is 1. The summed E-state index contributed by atoms with van der Waals surface area (Å²) in [6.45, 7) is 3.44. The van der Waals surface area contributed by atoms with Crippen molar-refractivity contribution in [3.8, 4) is 0 Å². The summed E-state index contributed by atoms with van der Waals surface area (Å²) in [5, 5.41) is 11.9. The molecule has 0 aromatic carbocycles. The molecule has 1 aliphatic heterocycles. The van der Waals surface area contributed by atoms with Crippen molar-refractivity contribution in [2.45, 2.75) is 18.9 Å². The van der Waals surface area contributed by atoms with Crippen LogP contribution in [0.25, 0.3) is 0 Å². The molecule has 0 aromatic rings. The molecule has 1 rings (SSSR count). The Hall–Kier alpha value is -0.450. The first-order valence-corrected chi connectivity index (χ1v) is 4.87. The number of likely N-dealkylation sites (tertiary alicyclic amines) is 1. The highest BCUT2D eigenvalue weighted by Gasteiger charge is 2.18. The number of hydrogen-bond acceptors (Lipinski definition) is 4. The molecule has 2 N–H and O–H groups in total. The fraction of sp³-hybridized carbons (Fsp3) is 0.889. The molecule has 4 heteroatoms. The molecule has 0 saturated carbocycles. The van der Waals surface area contributed by atoms with Crippen molar-refractivity contribution in [2.75, 3.05) is 32.8 Å². The van der Waals surface area contributed by atoms with Crippen molar-refractivity contribution in [1.82, 2.24) is 10.2 Å². The van der Waals surface area contributed by atoms with Crippen molar-refractivity contribution in [3.05, 3.63) is 0 Å². The van der Waals surface area contributed by atoms with Gasteiger partial charge in [-0.1, -0.05) is 0 Å². The smallest absolute Gasteiger partial charge is 0.133 e. The van der Waals surface area contributed by atoms with Crippen LogP contribution in [-0.4, -0.2) is 55.1 Å². The van der Waals surface area contributed by atoms with Crippen LogP contribution in [0.4, 0.5) is 0 Å². The highest BCUT2D eigenvalue weighted by molar-refractivity contribution is 5.51. The number of aliphatic hydroxyl groups excluding tert-OH is 1. The average Bonchev–Trinajstić information content (AvgIpc) is 2.16. The van der Waals surface area contributed by atoms with E-state index in [1.165, 1.54) is 0 Å². The summed E-state index contributed by atoms with van der Waals surface area (Å²) in [6.07, 6.45) is 3.18. The second kappa shape index (κ2) is 6.07. The van der Waals surface area contributed by atoms with Gasteiger partial charge < -0.3 is 15.2 Å². The van der Waals surface area contributed by atoms with E-state index < -0.39 is 0 Å². The number of hydrogen-bond donors (Lipinski definition) is 2. The average molecular weight is 186 g/mol. The Bertz CT molecular complexity index is 151. The van der Waals surface area contributed by atoms with Crippen LogP contribution in [0.1, 0.15) is 12.8 Å². The van der Waals surface area contributed by atoms with Gasteiger partial charge in [-0.3, -0.25) is 4.90 Å². The van der Waals surface area contributed by atoms with Crippen LogP contribution in [0.15, 0.2) is 0 Å². The summed E-state index contributed by atoms with van der Waals surface area (Å²) in [4.78, 5) is 12.4. The maximum atomic E-state index is 10.1. The summed E-state index contributed by atoms with van der Waals surface area (Å²) in [6, 6.07) is 0.422. The first-order valence-electron chi connectivity index (χ1n) is 4.87. The standard InChI is InChI=1S/C9H18N2O2/c12-6-3-10-9-2-1-4-11(8-9)5-7-13/h6,9-10,13H,1-5,7-8H2. The lowest BCUT2D eigenvalue weighted by Crippen LogP contribution is -2.46. The predicted molar refractivity (Wildman–Crippen MR) is 50.6 cm³/mol. The molecule has 1 heterocycles. The van der Waals surface area contributed by atoms with Crippen LogP contribution in [0.2, 0.25) is 0 Å². The van der Waals surface area contributed by atoms with E-state index in [2.05, 4.69) is 10.2 Å². The summed E-state index contributed by atoms with van der Waals surface area (Å²) in [5.41, 5.74) is 0. The molecule has 1 saturated heterocycles. The molecule has 0 radical (unpaired) electrons. The Morgan fingerprint density at radius 1 is 1.62 bits per heavy atom. The Balaban J connectivity index is 2.20. The molecule has 1 fully saturated rings. The number of nitrogens with zero attached hydrogens (tertiary/aromatic N) is 1. The topological polar surface area (TPSA) is 52.6 Å². The van der Waals surface area contributed by atoms with Crippen LogP contribution in [0.3, 0.4) is 0 Å². The third-order valence-electron chi connectivity index (χ3n) is 2.41. The Labute approximate surface area is 78.9 Å². The van der Waals surface area contributed by atoms with E-state index >= 15 is 0 Å². The molecule has 0 bridgehead atoms. The predicted octanol–water partition coefficient (Wildman–Crippen LogP) is -0.768. The fourth-order valence-corrected chi connectivity index (χ4v) is 1.78. The lowest BCUT2D eigenvalue weighted by Gasteiger charge is -2.32. The van der Waals surface area contributed by atoms with Gasteiger partial charge in [0.15, 0.2) is 0 Å². The second-order valence-corrected chi connectivity index (χ2v) is 3.44. The Morgan fingerprint density at radius 2 is 2.46 bits per heavy atom. The maximum absolute atomic E-state index is 10.1. The number of nitrogens with one attached hydrogen (secondary N) is 1. The zero-order valence-electron chi connectivity index (χ0n) is 7.91. The molecule has 0 amide bonds. The van der Waals surface area contributed by atoms with E-state index in [4.69, 9.17) is 5.11 Å². The molecule has 4 nitrogen and oxygen atoms in total. The van der Waals surface area contributed by atoms with E-state index in [0.29, 0.717) is 12.6 Å². The van der Waals surface area contributed by atoms with Gasteiger partial charge in [0.1, 0.15) is 6.29 Å². The summed E-state index contributed by atoms with van der Waals surface area (Å²) in [5.74, 6) is 0. The van der Waals surface area contributed by atoms with Gasteiger partial charge in [0.05, 0.1) is 13.2 Å². The minimum Gasteiger partial charge on any atom is -0.395 e. The first kappa shape index (κ1) is 10.6. The monoisotopic (exact) mass is 186 g/mol. The Kier molecular flexibility index (Phi) is 4.97. The highest BCUT2D eigenvalue weighted by atomic mass is 16.3. The first-order chi connectivity index (χ1) is 6.36. The fourth-order valence-electron chi connectivity index (χ4n) is 1.78. The number of piperidine rings is 1. The molecule has 76 valence electrons. The quantitative estimate of drug-likeness (QED) is 0.554. The zero-order valence-corrected chi connectivity index (χ0v) is 7.91. The molecule has 0 spiro atoms. The van der Waals surface area contributed by atoms with E-state index in [-0.39, 0.29) is 6.61 Å².